The number of benzene rings is 2. The first-order valence-electron chi connectivity index (χ1n) is 7.32. The fourth-order valence-electron chi connectivity index (χ4n) is 2.09. The summed E-state index contributed by atoms with van der Waals surface area (Å²) in [6.07, 6.45) is -4.36. The summed E-state index contributed by atoms with van der Waals surface area (Å²) >= 11 is 3.30. The third kappa shape index (κ3) is 5.20. The monoisotopic (exact) mass is 436 g/mol. The highest BCUT2D eigenvalue weighted by molar-refractivity contribution is 9.10. The minimum atomic E-state index is -4.36. The van der Waals surface area contributed by atoms with E-state index in [1.807, 2.05) is 0 Å². The smallest absolute Gasteiger partial charge is 0.380 e. The molecule has 2 aromatic carbocycles. The number of rotatable bonds is 6. The molecular formula is C16H16BrF3N2O2S. The van der Waals surface area contributed by atoms with Gasteiger partial charge in [-0.05, 0) is 51.8 Å². The SMILES string of the molecule is CCNS(=O)(=O)c1ccc(NCc2ccc(C(F)(F)F)cc2)c(Br)c1. The van der Waals surface area contributed by atoms with Gasteiger partial charge in [0.1, 0.15) is 0 Å². The Bertz CT molecular complexity index is 837. The van der Waals surface area contributed by atoms with Crippen LogP contribution in [0.15, 0.2) is 51.8 Å². The average Bonchev–Trinajstić information content (AvgIpc) is 2.53. The molecule has 2 rings (SSSR count). The van der Waals surface area contributed by atoms with Gasteiger partial charge in [-0.1, -0.05) is 19.1 Å². The normalized spacial score (nSPS) is 12.2. The van der Waals surface area contributed by atoms with Crippen LogP contribution < -0.4 is 10.0 Å². The predicted molar refractivity (Wildman–Crippen MR) is 93.8 cm³/mol. The Balaban J connectivity index is 2.09. The molecule has 0 bridgehead atoms. The maximum atomic E-state index is 12.5. The van der Waals surface area contributed by atoms with Gasteiger partial charge in [-0.15, -0.1) is 0 Å². The third-order valence-electron chi connectivity index (χ3n) is 3.35. The largest absolute Gasteiger partial charge is 0.416 e. The van der Waals surface area contributed by atoms with E-state index in [1.54, 1.807) is 13.0 Å². The van der Waals surface area contributed by atoms with Crippen molar-refractivity contribution in [1.82, 2.24) is 4.72 Å². The van der Waals surface area contributed by atoms with Crippen LogP contribution in [-0.4, -0.2) is 15.0 Å². The zero-order valence-corrected chi connectivity index (χ0v) is 15.6. The molecule has 0 saturated carbocycles. The lowest BCUT2D eigenvalue weighted by Gasteiger charge is -2.12. The lowest BCUT2D eigenvalue weighted by atomic mass is 10.1. The van der Waals surface area contributed by atoms with Gasteiger partial charge in [0, 0.05) is 23.2 Å². The van der Waals surface area contributed by atoms with Gasteiger partial charge >= 0.3 is 6.18 Å². The summed E-state index contributed by atoms with van der Waals surface area (Å²) in [5.74, 6) is 0. The summed E-state index contributed by atoms with van der Waals surface area (Å²) in [6.45, 7) is 2.27. The van der Waals surface area contributed by atoms with Crippen LogP contribution >= 0.6 is 15.9 Å². The Kier molecular flexibility index (Phi) is 6.12. The Hall–Kier alpha value is -1.58. The molecule has 0 heterocycles. The van der Waals surface area contributed by atoms with Gasteiger partial charge in [0.05, 0.1) is 10.5 Å². The number of nitrogens with one attached hydrogen (secondary N) is 2. The van der Waals surface area contributed by atoms with Crippen LogP contribution in [0, 0.1) is 0 Å². The minimum absolute atomic E-state index is 0.126. The van der Waals surface area contributed by atoms with E-state index in [4.69, 9.17) is 0 Å². The van der Waals surface area contributed by atoms with E-state index >= 15 is 0 Å². The second-order valence-electron chi connectivity index (χ2n) is 5.19. The van der Waals surface area contributed by atoms with Crippen molar-refractivity contribution in [2.45, 2.75) is 24.5 Å². The van der Waals surface area contributed by atoms with E-state index in [9.17, 15) is 21.6 Å². The van der Waals surface area contributed by atoms with Crippen LogP contribution in [0.3, 0.4) is 0 Å². The number of hydrogen-bond donors (Lipinski definition) is 2. The molecule has 9 heteroatoms. The van der Waals surface area contributed by atoms with Crippen molar-refractivity contribution < 1.29 is 21.6 Å². The highest BCUT2D eigenvalue weighted by Crippen LogP contribution is 2.30. The average molecular weight is 437 g/mol. The highest BCUT2D eigenvalue weighted by atomic mass is 79.9. The maximum absolute atomic E-state index is 12.5. The van der Waals surface area contributed by atoms with Crippen LogP contribution in [0.5, 0.6) is 0 Å². The molecule has 25 heavy (non-hydrogen) atoms. The molecule has 0 aliphatic rings. The van der Waals surface area contributed by atoms with Gasteiger partial charge in [0.2, 0.25) is 10.0 Å². The zero-order chi connectivity index (χ0) is 18.7. The maximum Gasteiger partial charge on any atom is 0.416 e. The second-order valence-corrected chi connectivity index (χ2v) is 7.81. The van der Waals surface area contributed by atoms with Crippen LogP contribution in [0.2, 0.25) is 0 Å². The summed E-state index contributed by atoms with van der Waals surface area (Å²) in [5.41, 5.74) is 0.606. The molecule has 136 valence electrons. The van der Waals surface area contributed by atoms with Crippen molar-refractivity contribution in [3.05, 3.63) is 58.1 Å². The summed E-state index contributed by atoms with van der Waals surface area (Å²) in [4.78, 5) is 0.126. The van der Waals surface area contributed by atoms with E-state index in [0.717, 1.165) is 12.1 Å². The molecule has 0 aliphatic heterocycles. The van der Waals surface area contributed by atoms with E-state index in [-0.39, 0.29) is 11.4 Å². The Morgan fingerprint density at radius 1 is 1.08 bits per heavy atom. The molecule has 0 aromatic heterocycles. The number of sulfonamides is 1. The Labute approximate surface area is 152 Å². The Morgan fingerprint density at radius 3 is 2.24 bits per heavy atom. The van der Waals surface area contributed by atoms with Crippen molar-refractivity contribution in [1.29, 1.82) is 0 Å². The fraction of sp³-hybridized carbons (Fsp3) is 0.250. The first kappa shape index (κ1) is 19.7. The lowest BCUT2D eigenvalue weighted by Crippen LogP contribution is -2.23. The second kappa shape index (κ2) is 7.76. The summed E-state index contributed by atoms with van der Waals surface area (Å²) in [7, 11) is -3.55. The van der Waals surface area contributed by atoms with Gasteiger partial charge < -0.3 is 5.32 Å². The van der Waals surface area contributed by atoms with Gasteiger partial charge in [-0.25, -0.2) is 13.1 Å². The van der Waals surface area contributed by atoms with Gasteiger partial charge in [-0.2, -0.15) is 13.2 Å². The lowest BCUT2D eigenvalue weighted by molar-refractivity contribution is -0.137. The number of alkyl halides is 3. The molecule has 0 saturated heterocycles. The first-order chi connectivity index (χ1) is 11.6. The van der Waals surface area contributed by atoms with Crippen molar-refractivity contribution in [3.63, 3.8) is 0 Å². The number of halogens is 4. The van der Waals surface area contributed by atoms with Crippen LogP contribution in [0.25, 0.3) is 0 Å². The molecule has 0 aliphatic carbocycles. The van der Waals surface area contributed by atoms with Gasteiger partial charge in [0.25, 0.3) is 0 Å². The van der Waals surface area contributed by atoms with Gasteiger partial charge in [-0.3, -0.25) is 0 Å². The van der Waals surface area contributed by atoms with Crippen LogP contribution in [0.4, 0.5) is 18.9 Å². The van der Waals surface area contributed by atoms with E-state index < -0.39 is 21.8 Å². The molecule has 0 spiro atoms. The van der Waals surface area contributed by atoms with Crippen molar-refractivity contribution in [2.75, 3.05) is 11.9 Å². The molecule has 0 amide bonds. The Morgan fingerprint density at radius 2 is 1.72 bits per heavy atom. The predicted octanol–water partition coefficient (Wildman–Crippen LogP) is 4.38. The zero-order valence-electron chi connectivity index (χ0n) is 13.2. The van der Waals surface area contributed by atoms with E-state index in [0.29, 0.717) is 22.3 Å². The molecule has 0 atom stereocenters. The van der Waals surface area contributed by atoms with Gasteiger partial charge in [0.15, 0.2) is 0 Å². The fourth-order valence-corrected chi connectivity index (χ4v) is 3.83. The topological polar surface area (TPSA) is 58.2 Å². The molecule has 0 radical (unpaired) electrons. The molecular weight excluding hydrogens is 421 g/mol. The number of hydrogen-bond acceptors (Lipinski definition) is 3. The minimum Gasteiger partial charge on any atom is -0.380 e. The molecule has 4 nitrogen and oxygen atoms in total. The third-order valence-corrected chi connectivity index (χ3v) is 5.55. The molecule has 2 aromatic rings. The standard InChI is InChI=1S/C16H16BrF3N2O2S/c1-2-22-25(23,24)13-7-8-15(14(17)9-13)21-10-11-3-5-12(6-4-11)16(18,19)20/h3-9,21-22H,2,10H2,1H3. The summed E-state index contributed by atoms with van der Waals surface area (Å²) in [5, 5.41) is 3.05. The van der Waals surface area contributed by atoms with E-state index in [1.165, 1.54) is 24.3 Å². The first-order valence-corrected chi connectivity index (χ1v) is 9.60. The highest BCUT2D eigenvalue weighted by Gasteiger charge is 2.29. The van der Waals surface area contributed by atoms with Crippen molar-refractivity contribution in [2.24, 2.45) is 0 Å². The summed E-state index contributed by atoms with van der Waals surface area (Å²) < 4.78 is 64.4. The quantitative estimate of drug-likeness (QED) is 0.706. The molecule has 0 unspecified atom stereocenters. The summed E-state index contributed by atoms with van der Waals surface area (Å²) in [6, 6.07) is 9.36. The number of anilines is 1. The molecule has 2 N–H and O–H groups in total. The van der Waals surface area contributed by atoms with Crippen LogP contribution in [-0.2, 0) is 22.7 Å². The van der Waals surface area contributed by atoms with Crippen LogP contribution in [0.1, 0.15) is 18.1 Å². The van der Waals surface area contributed by atoms with Crippen molar-refractivity contribution >= 4 is 31.6 Å². The van der Waals surface area contributed by atoms with E-state index in [2.05, 4.69) is 26.0 Å². The van der Waals surface area contributed by atoms with Crippen molar-refractivity contribution in [3.8, 4) is 0 Å². The molecule has 0 fully saturated rings.